The molecule has 33 heavy (non-hydrogen) atoms. The van der Waals surface area contributed by atoms with Gasteiger partial charge in [-0.1, -0.05) is 34.1 Å². The van der Waals surface area contributed by atoms with Crippen LogP contribution in [0.5, 0.6) is 0 Å². The number of carbonyl (C=O) groups excluding carboxylic acids is 1. The van der Waals surface area contributed by atoms with Gasteiger partial charge in [0.15, 0.2) is 8.32 Å². The minimum atomic E-state index is -1.70. The van der Waals surface area contributed by atoms with Crippen LogP contribution in [0.15, 0.2) is 24.3 Å². The zero-order valence-corrected chi connectivity index (χ0v) is 22.5. The van der Waals surface area contributed by atoms with E-state index in [9.17, 15) is 4.79 Å². The summed E-state index contributed by atoms with van der Waals surface area (Å²) in [5.74, 6) is -0.343. The first-order chi connectivity index (χ1) is 15.7. The molecule has 1 N–H and O–H groups in total. The summed E-state index contributed by atoms with van der Waals surface area (Å²) in [5, 5.41) is 3.53. The molecule has 8 heteroatoms. The Morgan fingerprint density at radius 1 is 0.848 bits per heavy atom. The molecule has 0 aromatic heterocycles. The maximum Gasteiger partial charge on any atom is 0.338 e. The lowest BCUT2D eigenvalue weighted by Crippen LogP contribution is -2.41. The Hall–Kier alpha value is -1.45. The second-order valence-electron chi connectivity index (χ2n) is 9.44. The summed E-state index contributed by atoms with van der Waals surface area (Å²) < 4.78 is 27.8. The van der Waals surface area contributed by atoms with Gasteiger partial charge in [-0.15, -0.1) is 0 Å². The van der Waals surface area contributed by atoms with Crippen LogP contribution in [0.25, 0.3) is 0 Å². The predicted molar refractivity (Wildman–Crippen MR) is 136 cm³/mol. The number of ether oxygens (including phenoxy) is 4. The number of hydrogen-bond donors (Lipinski definition) is 1. The van der Waals surface area contributed by atoms with Crippen molar-refractivity contribution in [3.05, 3.63) is 29.8 Å². The first-order valence-corrected chi connectivity index (χ1v) is 15.0. The number of rotatable bonds is 18. The summed E-state index contributed by atoms with van der Waals surface area (Å²) in [4.78, 5) is 12.1. The highest BCUT2D eigenvalue weighted by atomic mass is 28.4. The van der Waals surface area contributed by atoms with E-state index >= 15 is 0 Å². The summed E-state index contributed by atoms with van der Waals surface area (Å²) in [5.41, 5.74) is 1.54. The number of nitrogens with one attached hydrogen (secondary N) is 1. The van der Waals surface area contributed by atoms with Gasteiger partial charge in [0.25, 0.3) is 0 Å². The second kappa shape index (κ2) is 16.2. The number of hydrogen-bond acceptors (Lipinski definition) is 7. The average Bonchev–Trinajstić information content (AvgIpc) is 2.76. The minimum Gasteiger partial charge on any atom is -0.460 e. The van der Waals surface area contributed by atoms with Crippen LogP contribution in [0.1, 0.15) is 50.9 Å². The fourth-order valence-corrected chi connectivity index (χ4v) is 3.55. The molecule has 0 atom stereocenters. The zero-order valence-electron chi connectivity index (χ0n) is 21.5. The molecule has 7 nitrogen and oxygen atoms in total. The molecule has 0 radical (unpaired) electrons. The summed E-state index contributed by atoms with van der Waals surface area (Å²) in [7, 11) is -1.70. The Morgan fingerprint density at radius 2 is 1.36 bits per heavy atom. The lowest BCUT2D eigenvalue weighted by molar-refractivity contribution is -0.00266. The van der Waals surface area contributed by atoms with Gasteiger partial charge < -0.3 is 28.7 Å². The van der Waals surface area contributed by atoms with Crippen LogP contribution in [-0.2, 0) is 23.4 Å². The molecule has 1 aromatic carbocycles. The fraction of sp³-hybridized carbons (Fsp3) is 0.720. The van der Waals surface area contributed by atoms with Crippen molar-refractivity contribution in [3.8, 4) is 0 Å². The highest BCUT2D eigenvalue weighted by Gasteiger charge is 2.36. The van der Waals surface area contributed by atoms with Gasteiger partial charge >= 0.3 is 5.97 Å². The molecule has 1 aromatic rings. The summed E-state index contributed by atoms with van der Waals surface area (Å²) >= 11 is 0. The topological polar surface area (TPSA) is 75.3 Å². The lowest BCUT2D eigenvalue weighted by atomic mass is 10.2. The normalized spacial score (nSPS) is 12.1. The molecular formula is C25H45NO6Si. The summed E-state index contributed by atoms with van der Waals surface area (Å²) in [6.45, 7) is 18.0. The number of unbranched alkanes of at least 4 members (excludes halogenated alkanes) is 1. The third kappa shape index (κ3) is 13.1. The monoisotopic (exact) mass is 483 g/mol. The average molecular weight is 484 g/mol. The molecule has 0 saturated heterocycles. The number of benzene rings is 1. The van der Waals surface area contributed by atoms with Gasteiger partial charge in [-0.25, -0.2) is 4.79 Å². The van der Waals surface area contributed by atoms with E-state index in [0.29, 0.717) is 51.8 Å². The third-order valence-electron chi connectivity index (χ3n) is 5.68. The molecular weight excluding hydrogens is 438 g/mol. The third-order valence-corrected chi connectivity index (χ3v) is 10.2. The maximum absolute atomic E-state index is 12.1. The van der Waals surface area contributed by atoms with Crippen molar-refractivity contribution >= 4 is 20.0 Å². The molecule has 0 bridgehead atoms. The first kappa shape index (κ1) is 29.6. The standard InChI is InChI=1S/C25H45NO6Si/c1-7-8-13-26-23-11-9-22(10-12-23)24(27)31-20-18-29-16-14-28-15-17-30-19-21-32-33(5,6)25(2,3)4/h9-12,26H,7-8,13-21H2,1-6H3. The quantitative estimate of drug-likeness (QED) is 0.176. The lowest BCUT2D eigenvalue weighted by Gasteiger charge is -2.36. The molecule has 0 aliphatic carbocycles. The Balaban J connectivity index is 1.96. The van der Waals surface area contributed by atoms with Gasteiger partial charge in [-0.2, -0.15) is 0 Å². The van der Waals surface area contributed by atoms with Crippen LogP contribution in [0, 0.1) is 0 Å². The molecule has 0 aliphatic heterocycles. The van der Waals surface area contributed by atoms with E-state index in [1.165, 1.54) is 0 Å². The van der Waals surface area contributed by atoms with Crippen molar-refractivity contribution in [2.24, 2.45) is 0 Å². The van der Waals surface area contributed by atoms with Gasteiger partial charge in [0.2, 0.25) is 0 Å². The maximum atomic E-state index is 12.1. The molecule has 0 saturated carbocycles. The smallest absolute Gasteiger partial charge is 0.338 e. The Labute approximate surface area is 201 Å². The van der Waals surface area contributed by atoms with Crippen molar-refractivity contribution in [3.63, 3.8) is 0 Å². The van der Waals surface area contributed by atoms with Gasteiger partial charge in [-0.3, -0.25) is 0 Å². The molecule has 0 unspecified atom stereocenters. The first-order valence-electron chi connectivity index (χ1n) is 12.1. The van der Waals surface area contributed by atoms with Crippen LogP contribution < -0.4 is 5.32 Å². The van der Waals surface area contributed by atoms with Gasteiger partial charge in [0, 0.05) is 12.2 Å². The number of esters is 1. The van der Waals surface area contributed by atoms with Gasteiger partial charge in [-0.05, 0) is 48.8 Å². The predicted octanol–water partition coefficient (Wildman–Crippen LogP) is 5.13. The highest BCUT2D eigenvalue weighted by molar-refractivity contribution is 6.74. The van der Waals surface area contributed by atoms with Crippen LogP contribution in [-0.4, -0.2) is 73.7 Å². The van der Waals surface area contributed by atoms with E-state index in [2.05, 4.69) is 46.1 Å². The number of anilines is 1. The largest absolute Gasteiger partial charge is 0.460 e. The Bertz CT molecular complexity index is 645. The van der Waals surface area contributed by atoms with E-state index in [4.69, 9.17) is 23.4 Å². The van der Waals surface area contributed by atoms with Gasteiger partial charge in [0.1, 0.15) is 6.61 Å². The van der Waals surface area contributed by atoms with Crippen molar-refractivity contribution in [2.45, 2.75) is 58.7 Å². The van der Waals surface area contributed by atoms with Crippen molar-refractivity contribution in [2.75, 3.05) is 64.7 Å². The van der Waals surface area contributed by atoms with Crippen LogP contribution in [0.4, 0.5) is 5.69 Å². The fourth-order valence-electron chi connectivity index (χ4n) is 2.52. The molecule has 0 fully saturated rings. The number of carbonyl (C=O) groups is 1. The highest BCUT2D eigenvalue weighted by Crippen LogP contribution is 2.36. The second-order valence-corrected chi connectivity index (χ2v) is 14.2. The Morgan fingerprint density at radius 3 is 1.88 bits per heavy atom. The SMILES string of the molecule is CCCCNc1ccc(C(=O)OCCOCCOCCOCCO[Si](C)(C)C(C)(C)C)cc1. The molecule has 0 amide bonds. The van der Waals surface area contributed by atoms with E-state index in [0.717, 1.165) is 25.1 Å². The molecule has 0 aliphatic rings. The van der Waals surface area contributed by atoms with Crippen molar-refractivity contribution < 1.29 is 28.2 Å². The molecule has 190 valence electrons. The van der Waals surface area contributed by atoms with Crippen LogP contribution in [0.2, 0.25) is 18.1 Å². The van der Waals surface area contributed by atoms with Crippen molar-refractivity contribution in [1.29, 1.82) is 0 Å². The van der Waals surface area contributed by atoms with E-state index in [1.807, 2.05) is 12.1 Å². The molecule has 0 heterocycles. The van der Waals surface area contributed by atoms with E-state index in [-0.39, 0.29) is 17.6 Å². The summed E-state index contributed by atoms with van der Waals surface area (Å²) in [6, 6.07) is 7.33. The van der Waals surface area contributed by atoms with Crippen LogP contribution in [0.3, 0.4) is 0 Å². The van der Waals surface area contributed by atoms with E-state index < -0.39 is 8.32 Å². The van der Waals surface area contributed by atoms with Crippen molar-refractivity contribution in [1.82, 2.24) is 0 Å². The van der Waals surface area contributed by atoms with Crippen LogP contribution >= 0.6 is 0 Å². The molecule has 1 rings (SSSR count). The zero-order chi connectivity index (χ0) is 24.6. The summed E-state index contributed by atoms with van der Waals surface area (Å²) in [6.07, 6.45) is 2.27. The minimum absolute atomic E-state index is 0.214. The van der Waals surface area contributed by atoms with E-state index in [1.54, 1.807) is 12.1 Å². The Kier molecular flexibility index (Phi) is 14.5. The van der Waals surface area contributed by atoms with Gasteiger partial charge in [0.05, 0.1) is 51.8 Å². The molecule has 0 spiro atoms.